The first-order valence-corrected chi connectivity index (χ1v) is 6.39. The minimum atomic E-state index is 0.0682. The Hall–Kier alpha value is -1.55. The van der Waals surface area contributed by atoms with Gasteiger partial charge in [0.1, 0.15) is 0 Å². The van der Waals surface area contributed by atoms with Gasteiger partial charge in [-0.25, -0.2) is 0 Å². The summed E-state index contributed by atoms with van der Waals surface area (Å²) in [6.45, 7) is 3.98. The summed E-state index contributed by atoms with van der Waals surface area (Å²) in [5.41, 5.74) is 2.30. The van der Waals surface area contributed by atoms with E-state index in [2.05, 4.69) is 16.7 Å². The van der Waals surface area contributed by atoms with E-state index in [1.54, 1.807) is 0 Å². The Morgan fingerprint density at radius 3 is 2.72 bits per heavy atom. The van der Waals surface area contributed by atoms with Crippen LogP contribution in [0.2, 0.25) is 0 Å². The molecule has 4 heteroatoms. The number of carbonyl (C=O) groups excluding carboxylic acids is 1. The number of nitrogens with zero attached hydrogens (tertiary/aromatic N) is 1. The molecule has 1 rings (SSSR count). The maximum Gasteiger partial charge on any atom is 0.239 e. The van der Waals surface area contributed by atoms with Crippen LogP contribution in [-0.2, 0) is 11.3 Å². The Balaban J connectivity index is 2.65. The van der Waals surface area contributed by atoms with Crippen molar-refractivity contribution in [1.29, 1.82) is 0 Å². The lowest BCUT2D eigenvalue weighted by atomic mass is 10.1. The number of para-hydroxylation sites is 1. The fourth-order valence-corrected chi connectivity index (χ4v) is 1.84. The number of amides is 1. The van der Waals surface area contributed by atoms with Gasteiger partial charge in [-0.1, -0.05) is 25.1 Å². The zero-order chi connectivity index (χ0) is 13.4. The summed E-state index contributed by atoms with van der Waals surface area (Å²) in [5.74, 6) is 0.0682. The Morgan fingerprint density at radius 2 is 2.06 bits per heavy atom. The molecule has 0 saturated heterocycles. The van der Waals surface area contributed by atoms with E-state index in [9.17, 15) is 4.79 Å². The molecule has 18 heavy (non-hydrogen) atoms. The van der Waals surface area contributed by atoms with Crippen molar-refractivity contribution in [2.24, 2.45) is 0 Å². The van der Waals surface area contributed by atoms with Gasteiger partial charge in [-0.15, -0.1) is 0 Å². The summed E-state index contributed by atoms with van der Waals surface area (Å²) < 4.78 is 0. The molecule has 0 bridgehead atoms. The molecule has 4 nitrogen and oxygen atoms in total. The van der Waals surface area contributed by atoms with Crippen LogP contribution in [0.1, 0.15) is 18.9 Å². The summed E-state index contributed by atoms with van der Waals surface area (Å²) in [6, 6.07) is 8.13. The standard InChI is InChI=1S/C14H23N3O/c1-4-9-16-14(18)11-17(3)13-8-6-5-7-12(13)10-15-2/h5-8,15H,4,9-11H2,1-3H3,(H,16,18). The van der Waals surface area contributed by atoms with E-state index in [4.69, 9.17) is 0 Å². The van der Waals surface area contributed by atoms with Crippen LogP contribution in [0.25, 0.3) is 0 Å². The fourth-order valence-electron chi connectivity index (χ4n) is 1.84. The average molecular weight is 249 g/mol. The molecular formula is C14H23N3O. The lowest BCUT2D eigenvalue weighted by Gasteiger charge is -2.22. The van der Waals surface area contributed by atoms with Gasteiger partial charge in [0.05, 0.1) is 6.54 Å². The van der Waals surface area contributed by atoms with Gasteiger partial charge in [0.15, 0.2) is 0 Å². The summed E-state index contributed by atoms with van der Waals surface area (Å²) >= 11 is 0. The molecule has 0 fully saturated rings. The minimum Gasteiger partial charge on any atom is -0.365 e. The Kier molecular flexibility index (Phi) is 6.22. The van der Waals surface area contributed by atoms with E-state index in [0.717, 1.165) is 25.2 Å². The van der Waals surface area contributed by atoms with Gasteiger partial charge in [-0.2, -0.15) is 0 Å². The molecule has 100 valence electrons. The highest BCUT2D eigenvalue weighted by atomic mass is 16.2. The van der Waals surface area contributed by atoms with Crippen molar-refractivity contribution in [3.8, 4) is 0 Å². The lowest BCUT2D eigenvalue weighted by Crippen LogP contribution is -2.36. The highest BCUT2D eigenvalue weighted by Crippen LogP contribution is 2.18. The zero-order valence-electron chi connectivity index (χ0n) is 11.5. The van der Waals surface area contributed by atoms with Crippen molar-refractivity contribution in [2.45, 2.75) is 19.9 Å². The molecule has 2 N–H and O–H groups in total. The van der Waals surface area contributed by atoms with E-state index in [-0.39, 0.29) is 5.91 Å². The van der Waals surface area contributed by atoms with Crippen LogP contribution < -0.4 is 15.5 Å². The normalized spacial score (nSPS) is 10.2. The molecular weight excluding hydrogens is 226 g/mol. The van der Waals surface area contributed by atoms with Gasteiger partial charge in [-0.05, 0) is 25.1 Å². The van der Waals surface area contributed by atoms with Gasteiger partial charge in [-0.3, -0.25) is 4.79 Å². The predicted octanol–water partition coefficient (Wildman–Crippen LogP) is 1.37. The van der Waals surface area contributed by atoms with E-state index in [0.29, 0.717) is 6.54 Å². The van der Waals surface area contributed by atoms with Crippen LogP contribution in [-0.4, -0.2) is 33.1 Å². The first-order chi connectivity index (χ1) is 8.69. The van der Waals surface area contributed by atoms with Gasteiger partial charge >= 0.3 is 0 Å². The number of benzene rings is 1. The van der Waals surface area contributed by atoms with Crippen LogP contribution in [0.5, 0.6) is 0 Å². The van der Waals surface area contributed by atoms with Crippen molar-refractivity contribution in [3.63, 3.8) is 0 Å². The van der Waals surface area contributed by atoms with Crippen LogP contribution in [0.15, 0.2) is 24.3 Å². The third kappa shape index (κ3) is 4.37. The Bertz CT molecular complexity index is 379. The second kappa shape index (κ2) is 7.71. The summed E-state index contributed by atoms with van der Waals surface area (Å²) in [7, 11) is 3.87. The van der Waals surface area contributed by atoms with Crippen molar-refractivity contribution < 1.29 is 4.79 Å². The average Bonchev–Trinajstić information content (AvgIpc) is 2.37. The lowest BCUT2D eigenvalue weighted by molar-refractivity contribution is -0.119. The van der Waals surface area contributed by atoms with E-state index in [1.807, 2.05) is 44.1 Å². The minimum absolute atomic E-state index is 0.0682. The number of carbonyl (C=O) groups is 1. The number of likely N-dealkylation sites (N-methyl/N-ethyl adjacent to an activating group) is 1. The van der Waals surface area contributed by atoms with Crippen molar-refractivity contribution in [2.75, 3.05) is 32.1 Å². The SMILES string of the molecule is CCCNC(=O)CN(C)c1ccccc1CNC. The second-order valence-electron chi connectivity index (χ2n) is 4.37. The molecule has 0 aromatic heterocycles. The van der Waals surface area contributed by atoms with Crippen molar-refractivity contribution >= 4 is 11.6 Å². The molecule has 0 aliphatic heterocycles. The molecule has 0 spiro atoms. The van der Waals surface area contributed by atoms with Gasteiger partial charge in [0.25, 0.3) is 0 Å². The molecule has 0 heterocycles. The third-order valence-electron chi connectivity index (χ3n) is 2.72. The summed E-state index contributed by atoms with van der Waals surface area (Å²) in [5, 5.41) is 6.03. The second-order valence-corrected chi connectivity index (χ2v) is 4.37. The topological polar surface area (TPSA) is 44.4 Å². The third-order valence-corrected chi connectivity index (χ3v) is 2.72. The number of hydrogen-bond donors (Lipinski definition) is 2. The summed E-state index contributed by atoms with van der Waals surface area (Å²) in [6.07, 6.45) is 0.964. The molecule has 0 saturated carbocycles. The smallest absolute Gasteiger partial charge is 0.239 e. The van der Waals surface area contributed by atoms with Crippen LogP contribution in [0.3, 0.4) is 0 Å². The number of rotatable bonds is 7. The number of anilines is 1. The molecule has 0 aliphatic carbocycles. The first-order valence-electron chi connectivity index (χ1n) is 6.39. The van der Waals surface area contributed by atoms with Gasteiger partial charge in [0, 0.05) is 25.8 Å². The maximum atomic E-state index is 11.7. The monoisotopic (exact) mass is 249 g/mol. The highest BCUT2D eigenvalue weighted by Gasteiger charge is 2.09. The van der Waals surface area contributed by atoms with Gasteiger partial charge in [0.2, 0.25) is 5.91 Å². The first kappa shape index (κ1) is 14.5. The predicted molar refractivity (Wildman–Crippen MR) is 75.8 cm³/mol. The van der Waals surface area contributed by atoms with E-state index in [1.165, 1.54) is 5.56 Å². The van der Waals surface area contributed by atoms with Crippen molar-refractivity contribution in [1.82, 2.24) is 10.6 Å². The highest BCUT2D eigenvalue weighted by molar-refractivity contribution is 5.81. The van der Waals surface area contributed by atoms with E-state index >= 15 is 0 Å². The number of hydrogen-bond acceptors (Lipinski definition) is 3. The van der Waals surface area contributed by atoms with Crippen LogP contribution >= 0.6 is 0 Å². The molecule has 0 aliphatic rings. The number of nitrogens with one attached hydrogen (secondary N) is 2. The van der Waals surface area contributed by atoms with Crippen LogP contribution in [0.4, 0.5) is 5.69 Å². The Labute approximate surface area is 109 Å². The fraction of sp³-hybridized carbons (Fsp3) is 0.500. The van der Waals surface area contributed by atoms with E-state index < -0.39 is 0 Å². The quantitative estimate of drug-likeness (QED) is 0.767. The van der Waals surface area contributed by atoms with Crippen LogP contribution in [0, 0.1) is 0 Å². The molecule has 1 aromatic carbocycles. The largest absolute Gasteiger partial charge is 0.365 e. The van der Waals surface area contributed by atoms with Crippen molar-refractivity contribution in [3.05, 3.63) is 29.8 Å². The molecule has 0 radical (unpaired) electrons. The molecule has 0 atom stereocenters. The molecule has 1 amide bonds. The summed E-state index contributed by atoms with van der Waals surface area (Å²) in [4.78, 5) is 13.7. The molecule has 1 aromatic rings. The van der Waals surface area contributed by atoms with Gasteiger partial charge < -0.3 is 15.5 Å². The molecule has 0 unspecified atom stereocenters. The zero-order valence-corrected chi connectivity index (χ0v) is 11.5. The Morgan fingerprint density at radius 1 is 1.33 bits per heavy atom. The maximum absolute atomic E-state index is 11.7.